The molecule has 0 saturated heterocycles. The maximum Gasteiger partial charge on any atom is 0.246 e. The van der Waals surface area contributed by atoms with Gasteiger partial charge in [0, 0.05) is 11.7 Å². The molecule has 0 aliphatic rings. The normalized spacial score (nSPS) is 13.0. The number of hydrogen-bond acceptors (Lipinski definition) is 2. The van der Waals surface area contributed by atoms with E-state index >= 15 is 0 Å². The van der Waals surface area contributed by atoms with Gasteiger partial charge in [-0.15, -0.1) is 0 Å². The van der Waals surface area contributed by atoms with Crippen LogP contribution in [0.4, 0.5) is 5.69 Å². The van der Waals surface area contributed by atoms with Gasteiger partial charge in [-0.3, -0.25) is 10.1 Å². The molecule has 2 N–H and O–H groups in total. The summed E-state index contributed by atoms with van der Waals surface area (Å²) in [6, 6.07) is 29.5. The summed E-state index contributed by atoms with van der Waals surface area (Å²) in [5.41, 5.74) is 3.01. The summed E-state index contributed by atoms with van der Waals surface area (Å²) in [6.45, 7) is 2.11. The van der Waals surface area contributed by atoms with Crippen LogP contribution >= 0.6 is 0 Å². The maximum atomic E-state index is 12.9. The van der Waals surface area contributed by atoms with E-state index < -0.39 is 6.04 Å². The zero-order chi connectivity index (χ0) is 18.2. The molecule has 26 heavy (non-hydrogen) atoms. The van der Waals surface area contributed by atoms with Crippen LogP contribution in [0.15, 0.2) is 91.0 Å². The van der Waals surface area contributed by atoms with Crippen LogP contribution in [0.2, 0.25) is 0 Å². The Bertz CT molecular complexity index is 803. The van der Waals surface area contributed by atoms with E-state index in [2.05, 4.69) is 29.7 Å². The summed E-state index contributed by atoms with van der Waals surface area (Å²) in [6.07, 6.45) is 0.864. The molecule has 2 atom stereocenters. The van der Waals surface area contributed by atoms with Crippen LogP contribution < -0.4 is 10.6 Å². The third-order valence-electron chi connectivity index (χ3n) is 4.27. The molecule has 0 bridgehead atoms. The Hall–Kier alpha value is -2.91. The minimum Gasteiger partial charge on any atom is -0.324 e. The first-order valence-electron chi connectivity index (χ1n) is 8.93. The first kappa shape index (κ1) is 17.9. The predicted octanol–water partition coefficient (Wildman–Crippen LogP) is 4.59. The summed E-state index contributed by atoms with van der Waals surface area (Å²) in [7, 11) is 0. The van der Waals surface area contributed by atoms with Crippen molar-refractivity contribution >= 4 is 11.6 Å². The molecule has 0 aliphatic heterocycles. The fraction of sp³-hybridized carbons (Fsp3) is 0.174. The molecule has 1 amide bonds. The molecule has 3 heteroatoms. The minimum absolute atomic E-state index is 0.0534. The van der Waals surface area contributed by atoms with Crippen molar-refractivity contribution in [1.82, 2.24) is 5.32 Å². The van der Waals surface area contributed by atoms with Gasteiger partial charge in [0.05, 0.1) is 0 Å². The van der Waals surface area contributed by atoms with Crippen LogP contribution in [0.5, 0.6) is 0 Å². The van der Waals surface area contributed by atoms with Crippen molar-refractivity contribution in [2.24, 2.45) is 0 Å². The molecule has 3 aromatic rings. The Morgan fingerprint density at radius 2 is 1.35 bits per heavy atom. The smallest absolute Gasteiger partial charge is 0.246 e. The van der Waals surface area contributed by atoms with E-state index in [1.807, 2.05) is 78.9 Å². The van der Waals surface area contributed by atoms with Crippen molar-refractivity contribution in [3.63, 3.8) is 0 Å². The summed E-state index contributed by atoms with van der Waals surface area (Å²) < 4.78 is 0. The third kappa shape index (κ3) is 5.04. The second kappa shape index (κ2) is 8.97. The molecule has 0 aromatic heterocycles. The van der Waals surface area contributed by atoms with E-state index in [0.29, 0.717) is 0 Å². The lowest BCUT2D eigenvalue weighted by Gasteiger charge is -2.23. The summed E-state index contributed by atoms with van der Waals surface area (Å²) in [5.74, 6) is -0.0534. The monoisotopic (exact) mass is 344 g/mol. The Labute approximate surface area is 155 Å². The second-order valence-corrected chi connectivity index (χ2v) is 6.46. The van der Waals surface area contributed by atoms with E-state index in [9.17, 15) is 4.79 Å². The van der Waals surface area contributed by atoms with Crippen molar-refractivity contribution in [2.75, 3.05) is 5.32 Å². The number of benzene rings is 3. The molecule has 3 aromatic carbocycles. The highest BCUT2D eigenvalue weighted by atomic mass is 16.2. The molecule has 3 nitrogen and oxygen atoms in total. The summed E-state index contributed by atoms with van der Waals surface area (Å²) >= 11 is 0. The first-order valence-corrected chi connectivity index (χ1v) is 8.93. The van der Waals surface area contributed by atoms with Crippen LogP contribution in [-0.2, 0) is 11.2 Å². The number of nitrogens with one attached hydrogen (secondary N) is 2. The van der Waals surface area contributed by atoms with Gasteiger partial charge in [-0.05, 0) is 36.6 Å². The van der Waals surface area contributed by atoms with Crippen LogP contribution in [0.3, 0.4) is 0 Å². The largest absolute Gasteiger partial charge is 0.324 e. The fourth-order valence-electron chi connectivity index (χ4n) is 3.02. The predicted molar refractivity (Wildman–Crippen MR) is 107 cm³/mol. The van der Waals surface area contributed by atoms with Gasteiger partial charge in [-0.25, -0.2) is 0 Å². The molecular formula is C23H24N2O. The summed E-state index contributed by atoms with van der Waals surface area (Å²) in [4.78, 5) is 12.9. The Balaban J connectivity index is 1.74. The van der Waals surface area contributed by atoms with Crippen molar-refractivity contribution in [3.8, 4) is 0 Å². The van der Waals surface area contributed by atoms with Gasteiger partial charge < -0.3 is 5.32 Å². The Morgan fingerprint density at radius 1 is 0.808 bits per heavy atom. The first-order chi connectivity index (χ1) is 12.7. The molecule has 3 rings (SSSR count). The van der Waals surface area contributed by atoms with Crippen molar-refractivity contribution in [2.45, 2.75) is 25.4 Å². The molecule has 0 heterocycles. The Kier molecular flexibility index (Phi) is 6.18. The maximum absolute atomic E-state index is 12.9. The number of rotatable bonds is 7. The molecule has 132 valence electrons. The second-order valence-electron chi connectivity index (χ2n) is 6.46. The number of carbonyl (C=O) groups excluding carboxylic acids is 1. The van der Waals surface area contributed by atoms with E-state index in [-0.39, 0.29) is 11.9 Å². The van der Waals surface area contributed by atoms with Crippen LogP contribution in [-0.4, -0.2) is 11.9 Å². The lowest BCUT2D eigenvalue weighted by molar-refractivity contribution is -0.118. The molecule has 0 radical (unpaired) electrons. The van der Waals surface area contributed by atoms with Gasteiger partial charge in [0.2, 0.25) is 5.91 Å². The van der Waals surface area contributed by atoms with E-state index in [1.54, 1.807) is 0 Å². The fourth-order valence-corrected chi connectivity index (χ4v) is 3.02. The van der Waals surface area contributed by atoms with Crippen molar-refractivity contribution < 1.29 is 4.79 Å². The number of para-hydroxylation sites is 1. The van der Waals surface area contributed by atoms with Gasteiger partial charge in [-0.2, -0.15) is 0 Å². The van der Waals surface area contributed by atoms with Gasteiger partial charge in [0.25, 0.3) is 0 Å². The third-order valence-corrected chi connectivity index (χ3v) is 4.27. The van der Waals surface area contributed by atoms with Crippen LogP contribution in [0.1, 0.15) is 24.1 Å². The average Bonchev–Trinajstić information content (AvgIpc) is 2.68. The van der Waals surface area contributed by atoms with E-state index in [4.69, 9.17) is 0 Å². The molecule has 1 unspecified atom stereocenters. The van der Waals surface area contributed by atoms with Gasteiger partial charge in [-0.1, -0.05) is 78.9 Å². The van der Waals surface area contributed by atoms with Gasteiger partial charge in [0.15, 0.2) is 0 Å². The van der Waals surface area contributed by atoms with Crippen molar-refractivity contribution in [3.05, 3.63) is 102 Å². The van der Waals surface area contributed by atoms with Crippen LogP contribution in [0, 0.1) is 0 Å². The van der Waals surface area contributed by atoms with E-state index in [1.165, 1.54) is 5.56 Å². The molecule has 0 aliphatic carbocycles. The molecule has 0 fully saturated rings. The van der Waals surface area contributed by atoms with Gasteiger partial charge >= 0.3 is 0 Å². The highest BCUT2D eigenvalue weighted by Crippen LogP contribution is 2.18. The highest BCUT2D eigenvalue weighted by Gasteiger charge is 2.22. The van der Waals surface area contributed by atoms with Crippen molar-refractivity contribution in [1.29, 1.82) is 0 Å². The Morgan fingerprint density at radius 3 is 1.96 bits per heavy atom. The topological polar surface area (TPSA) is 41.1 Å². The molecular weight excluding hydrogens is 320 g/mol. The number of anilines is 1. The zero-order valence-electron chi connectivity index (χ0n) is 14.9. The molecule has 0 spiro atoms. The molecule has 0 saturated carbocycles. The van der Waals surface area contributed by atoms with Crippen LogP contribution in [0.25, 0.3) is 0 Å². The zero-order valence-corrected chi connectivity index (χ0v) is 14.9. The summed E-state index contributed by atoms with van der Waals surface area (Å²) in [5, 5.41) is 6.50. The quantitative estimate of drug-likeness (QED) is 0.658. The SMILES string of the molecule is CC(Cc1ccccc1)N[C@H](C(=O)Nc1ccccc1)c1ccccc1. The van der Waals surface area contributed by atoms with Gasteiger partial charge in [0.1, 0.15) is 6.04 Å². The standard InChI is InChI=1S/C23H24N2O/c1-18(17-19-11-5-2-6-12-19)24-22(20-13-7-3-8-14-20)23(26)25-21-15-9-4-10-16-21/h2-16,18,22,24H,17H2,1H3,(H,25,26)/t18?,22-/m0/s1. The number of hydrogen-bond donors (Lipinski definition) is 2. The lowest BCUT2D eigenvalue weighted by atomic mass is 10.0. The minimum atomic E-state index is -0.407. The number of carbonyl (C=O) groups is 1. The van der Waals surface area contributed by atoms with E-state index in [0.717, 1.165) is 17.7 Å². The number of amides is 1. The average molecular weight is 344 g/mol. The highest BCUT2D eigenvalue weighted by molar-refractivity contribution is 5.95. The lowest BCUT2D eigenvalue weighted by Crippen LogP contribution is -2.39.